The highest BCUT2D eigenvalue weighted by atomic mass is 16.3. The van der Waals surface area contributed by atoms with E-state index in [-0.39, 0.29) is 5.56 Å². The number of aromatic hydroxyl groups is 3. The Hall–Kier alpha value is -3.22. The second-order valence-electron chi connectivity index (χ2n) is 4.46. The lowest BCUT2D eigenvalue weighted by atomic mass is 10.1. The van der Waals surface area contributed by atoms with Crippen LogP contribution in [0.5, 0.6) is 17.2 Å². The first kappa shape index (κ1) is 12.8. The second kappa shape index (κ2) is 4.71. The van der Waals surface area contributed by atoms with Crippen LogP contribution in [0.2, 0.25) is 0 Å². The number of phenolic OH excluding ortho intramolecular Hbond substituents is 3. The largest absolute Gasteiger partial charge is 0.504 e. The molecule has 1 aromatic heterocycles. The smallest absolute Gasteiger partial charge is 0.259 e. The van der Waals surface area contributed by atoms with Crippen LogP contribution in [0.4, 0.5) is 5.69 Å². The van der Waals surface area contributed by atoms with Gasteiger partial charge in [0.2, 0.25) is 5.75 Å². The summed E-state index contributed by atoms with van der Waals surface area (Å²) in [6, 6.07) is 7.50. The van der Waals surface area contributed by atoms with Crippen molar-refractivity contribution in [3.8, 4) is 17.2 Å². The summed E-state index contributed by atoms with van der Waals surface area (Å²) in [5.41, 5.74) is 1.12. The minimum Gasteiger partial charge on any atom is -0.504 e. The van der Waals surface area contributed by atoms with Crippen molar-refractivity contribution in [1.82, 2.24) is 10.2 Å². The van der Waals surface area contributed by atoms with Crippen LogP contribution in [-0.4, -0.2) is 31.4 Å². The van der Waals surface area contributed by atoms with Gasteiger partial charge in [-0.3, -0.25) is 9.89 Å². The summed E-state index contributed by atoms with van der Waals surface area (Å²) < 4.78 is 0. The Morgan fingerprint density at radius 1 is 1.10 bits per heavy atom. The van der Waals surface area contributed by atoms with Gasteiger partial charge in [0.15, 0.2) is 11.5 Å². The normalized spacial score (nSPS) is 10.7. The number of carbonyl (C=O) groups excluding carboxylic acids is 1. The molecule has 0 aliphatic heterocycles. The molecule has 0 bridgehead atoms. The number of benzene rings is 2. The van der Waals surface area contributed by atoms with Crippen molar-refractivity contribution < 1.29 is 20.1 Å². The maximum Gasteiger partial charge on any atom is 0.259 e. The van der Waals surface area contributed by atoms with Gasteiger partial charge in [-0.15, -0.1) is 0 Å². The molecule has 2 aromatic carbocycles. The van der Waals surface area contributed by atoms with Crippen molar-refractivity contribution in [3.63, 3.8) is 0 Å². The zero-order valence-electron chi connectivity index (χ0n) is 10.7. The zero-order chi connectivity index (χ0) is 15.0. The fourth-order valence-corrected chi connectivity index (χ4v) is 1.97. The van der Waals surface area contributed by atoms with Crippen LogP contribution >= 0.6 is 0 Å². The number of H-pyrrole nitrogens is 1. The number of aromatic amines is 1. The van der Waals surface area contributed by atoms with E-state index >= 15 is 0 Å². The first-order valence-electron chi connectivity index (χ1n) is 6.04. The number of phenols is 3. The summed E-state index contributed by atoms with van der Waals surface area (Å²) in [5, 5.41) is 38.5. The molecular weight excluding hydrogens is 274 g/mol. The van der Waals surface area contributed by atoms with E-state index in [0.29, 0.717) is 5.69 Å². The lowest BCUT2D eigenvalue weighted by Gasteiger charge is -2.08. The number of nitrogens with zero attached hydrogens (tertiary/aromatic N) is 1. The van der Waals surface area contributed by atoms with E-state index in [1.807, 2.05) is 0 Å². The molecule has 3 aromatic rings. The van der Waals surface area contributed by atoms with Gasteiger partial charge in [-0.05, 0) is 30.3 Å². The van der Waals surface area contributed by atoms with Crippen molar-refractivity contribution in [1.29, 1.82) is 0 Å². The molecule has 5 N–H and O–H groups in total. The van der Waals surface area contributed by atoms with Crippen LogP contribution in [0.3, 0.4) is 0 Å². The molecule has 0 saturated heterocycles. The predicted octanol–water partition coefficient (Wildman–Crippen LogP) is 1.93. The number of amides is 1. The first-order valence-corrected chi connectivity index (χ1v) is 6.04. The summed E-state index contributed by atoms with van der Waals surface area (Å²) in [7, 11) is 0. The Bertz CT molecular complexity index is 841. The molecule has 3 rings (SSSR count). The van der Waals surface area contributed by atoms with Crippen LogP contribution in [0.25, 0.3) is 10.9 Å². The number of carbonyl (C=O) groups is 1. The number of fused-ring (bicyclic) bond motifs is 1. The van der Waals surface area contributed by atoms with Crippen LogP contribution in [0.1, 0.15) is 10.4 Å². The average Bonchev–Trinajstić information content (AvgIpc) is 2.92. The van der Waals surface area contributed by atoms with Gasteiger partial charge < -0.3 is 20.6 Å². The number of hydrogen-bond donors (Lipinski definition) is 5. The standard InChI is InChI=1S/C14H11N3O4/c18-11-4-3-9(12(19)13(11)20)14(21)16-8-2-1-7-6-15-17-10(7)5-8/h1-6,18-20H,(H,15,17)(H,16,21). The number of nitrogens with one attached hydrogen (secondary N) is 2. The molecule has 0 unspecified atom stereocenters. The van der Waals surface area contributed by atoms with Crippen molar-refractivity contribution in [3.05, 3.63) is 42.1 Å². The monoisotopic (exact) mass is 285 g/mol. The van der Waals surface area contributed by atoms with Crippen molar-refractivity contribution in [2.75, 3.05) is 5.32 Å². The van der Waals surface area contributed by atoms with Crippen LogP contribution in [-0.2, 0) is 0 Å². The molecule has 0 aliphatic carbocycles. The highest BCUT2D eigenvalue weighted by molar-refractivity contribution is 6.07. The second-order valence-corrected chi connectivity index (χ2v) is 4.46. The van der Waals surface area contributed by atoms with Crippen LogP contribution < -0.4 is 5.32 Å². The van der Waals surface area contributed by atoms with Gasteiger partial charge >= 0.3 is 0 Å². The summed E-state index contributed by atoms with van der Waals surface area (Å²) in [4.78, 5) is 12.1. The Kier molecular flexibility index (Phi) is 2.87. The maximum atomic E-state index is 12.1. The summed E-state index contributed by atoms with van der Waals surface area (Å²) in [5.74, 6) is -2.51. The lowest BCUT2D eigenvalue weighted by Crippen LogP contribution is -2.12. The Balaban J connectivity index is 1.90. The van der Waals surface area contributed by atoms with E-state index in [1.165, 1.54) is 6.07 Å². The quantitative estimate of drug-likeness (QED) is 0.461. The fraction of sp³-hybridized carbons (Fsp3) is 0. The summed E-state index contributed by atoms with van der Waals surface area (Å²) in [6.45, 7) is 0. The summed E-state index contributed by atoms with van der Waals surface area (Å²) >= 11 is 0. The van der Waals surface area contributed by atoms with Crippen LogP contribution in [0, 0.1) is 0 Å². The number of rotatable bonds is 2. The number of aromatic nitrogens is 2. The Morgan fingerprint density at radius 2 is 1.90 bits per heavy atom. The average molecular weight is 285 g/mol. The van der Waals surface area contributed by atoms with E-state index in [4.69, 9.17) is 0 Å². The highest BCUT2D eigenvalue weighted by Gasteiger charge is 2.17. The van der Waals surface area contributed by atoms with Crippen LogP contribution in [0.15, 0.2) is 36.5 Å². The van der Waals surface area contributed by atoms with Gasteiger partial charge in [0.25, 0.3) is 5.91 Å². The molecule has 21 heavy (non-hydrogen) atoms. The van der Waals surface area contributed by atoms with Gasteiger partial charge in [-0.1, -0.05) is 0 Å². The number of anilines is 1. The van der Waals surface area contributed by atoms with E-state index in [2.05, 4.69) is 15.5 Å². The molecule has 0 saturated carbocycles. The molecule has 0 fully saturated rings. The SMILES string of the molecule is O=C(Nc1ccc2cn[nH]c2c1)c1ccc(O)c(O)c1O. The van der Waals surface area contributed by atoms with Gasteiger partial charge in [-0.2, -0.15) is 5.10 Å². The van der Waals surface area contributed by atoms with Crippen molar-refractivity contribution >= 4 is 22.5 Å². The molecule has 0 spiro atoms. The molecule has 7 heteroatoms. The topological polar surface area (TPSA) is 118 Å². The molecule has 106 valence electrons. The van der Waals surface area contributed by atoms with Gasteiger partial charge in [0, 0.05) is 11.1 Å². The minimum atomic E-state index is -0.730. The third-order valence-electron chi connectivity index (χ3n) is 3.07. The number of hydrogen-bond acceptors (Lipinski definition) is 5. The Labute approximate surface area is 118 Å². The molecular formula is C14H11N3O4. The van der Waals surface area contributed by atoms with Crippen molar-refractivity contribution in [2.45, 2.75) is 0 Å². The molecule has 1 heterocycles. The third kappa shape index (κ3) is 2.20. The van der Waals surface area contributed by atoms with E-state index in [9.17, 15) is 20.1 Å². The van der Waals surface area contributed by atoms with Crippen molar-refractivity contribution in [2.24, 2.45) is 0 Å². The molecule has 0 atom stereocenters. The fourth-order valence-electron chi connectivity index (χ4n) is 1.97. The molecule has 1 amide bonds. The van der Waals surface area contributed by atoms with Gasteiger partial charge in [0.05, 0.1) is 17.3 Å². The minimum absolute atomic E-state index is 0.144. The van der Waals surface area contributed by atoms with Gasteiger partial charge in [0.1, 0.15) is 0 Å². The highest BCUT2D eigenvalue weighted by Crippen LogP contribution is 2.37. The maximum absolute atomic E-state index is 12.1. The van der Waals surface area contributed by atoms with Gasteiger partial charge in [-0.25, -0.2) is 0 Å². The molecule has 0 aliphatic rings. The Morgan fingerprint density at radius 3 is 2.71 bits per heavy atom. The third-order valence-corrected chi connectivity index (χ3v) is 3.07. The first-order chi connectivity index (χ1) is 10.1. The van der Waals surface area contributed by atoms with E-state index in [0.717, 1.165) is 17.0 Å². The predicted molar refractivity (Wildman–Crippen MR) is 75.5 cm³/mol. The van der Waals surface area contributed by atoms with E-state index < -0.39 is 23.2 Å². The van der Waals surface area contributed by atoms with E-state index in [1.54, 1.807) is 24.4 Å². The lowest BCUT2D eigenvalue weighted by molar-refractivity contribution is 0.102. The molecule has 0 radical (unpaired) electrons. The molecule has 7 nitrogen and oxygen atoms in total. The zero-order valence-corrected chi connectivity index (χ0v) is 10.7. The summed E-state index contributed by atoms with van der Waals surface area (Å²) in [6.07, 6.45) is 1.66.